The van der Waals surface area contributed by atoms with Gasteiger partial charge < -0.3 is 16.0 Å². The summed E-state index contributed by atoms with van der Waals surface area (Å²) < 4.78 is 0. The number of aromatic nitrogens is 2. The zero-order valence-electron chi connectivity index (χ0n) is 9.82. The Morgan fingerprint density at radius 2 is 2.25 bits per heavy atom. The molecule has 6 nitrogen and oxygen atoms in total. The van der Waals surface area contributed by atoms with Gasteiger partial charge in [0.25, 0.3) is 0 Å². The lowest BCUT2D eigenvalue weighted by atomic mass is 10.4. The maximum absolute atomic E-state index is 10.9. The number of hydrogen-bond acceptors (Lipinski definition) is 5. The molecule has 1 aromatic rings. The maximum Gasteiger partial charge on any atom is 0.236 e. The van der Waals surface area contributed by atoms with Crippen molar-refractivity contribution in [2.24, 2.45) is 5.73 Å². The van der Waals surface area contributed by atoms with Gasteiger partial charge in [0.1, 0.15) is 17.5 Å². The summed E-state index contributed by atoms with van der Waals surface area (Å²) in [5, 5.41) is 2.95. The second kappa shape index (κ2) is 5.29. The van der Waals surface area contributed by atoms with Crippen molar-refractivity contribution in [3.8, 4) is 0 Å². The van der Waals surface area contributed by atoms with Crippen molar-refractivity contribution < 1.29 is 4.79 Å². The third-order valence-electron chi connectivity index (χ3n) is 2.13. The molecule has 0 saturated heterocycles. The molecule has 0 aliphatic rings. The topological polar surface area (TPSA) is 84.1 Å². The first-order chi connectivity index (χ1) is 7.56. The lowest BCUT2D eigenvalue weighted by molar-refractivity contribution is -0.116. The van der Waals surface area contributed by atoms with Gasteiger partial charge >= 0.3 is 0 Å². The van der Waals surface area contributed by atoms with E-state index in [1.54, 1.807) is 18.0 Å². The number of rotatable bonds is 5. The van der Waals surface area contributed by atoms with Crippen LogP contribution in [0.15, 0.2) is 6.07 Å². The van der Waals surface area contributed by atoms with Crippen molar-refractivity contribution in [1.82, 2.24) is 9.97 Å². The van der Waals surface area contributed by atoms with Crippen LogP contribution in [0.5, 0.6) is 0 Å². The van der Waals surface area contributed by atoms with Gasteiger partial charge in [0.05, 0.1) is 6.54 Å². The summed E-state index contributed by atoms with van der Waals surface area (Å²) in [6.07, 6.45) is 0. The van der Waals surface area contributed by atoms with Crippen molar-refractivity contribution in [3.63, 3.8) is 0 Å². The zero-order valence-corrected chi connectivity index (χ0v) is 9.82. The molecular formula is C10H17N5O. The van der Waals surface area contributed by atoms with Gasteiger partial charge in [0.15, 0.2) is 0 Å². The highest BCUT2D eigenvalue weighted by Gasteiger charge is 2.10. The standard InChI is InChI=1S/C10H17N5O/c1-4-15(6-8(11)16)10-5-9(12-3)13-7(2)14-10/h5H,4,6H2,1-3H3,(H2,11,16)(H,12,13,14). The summed E-state index contributed by atoms with van der Waals surface area (Å²) >= 11 is 0. The Hall–Kier alpha value is -1.85. The number of hydrogen-bond donors (Lipinski definition) is 2. The van der Waals surface area contributed by atoms with E-state index in [1.807, 2.05) is 13.8 Å². The number of carbonyl (C=O) groups is 1. The maximum atomic E-state index is 10.9. The van der Waals surface area contributed by atoms with E-state index in [2.05, 4.69) is 15.3 Å². The van der Waals surface area contributed by atoms with Gasteiger partial charge in [-0.2, -0.15) is 0 Å². The van der Waals surface area contributed by atoms with Crippen LogP contribution in [0.4, 0.5) is 11.6 Å². The number of nitrogens with two attached hydrogens (primary N) is 1. The van der Waals surface area contributed by atoms with Gasteiger partial charge in [-0.1, -0.05) is 0 Å². The molecule has 1 amide bonds. The fraction of sp³-hybridized carbons (Fsp3) is 0.500. The Morgan fingerprint density at radius 1 is 1.56 bits per heavy atom. The molecule has 0 saturated carbocycles. The highest BCUT2D eigenvalue weighted by Crippen LogP contribution is 2.14. The lowest BCUT2D eigenvalue weighted by Gasteiger charge is -2.20. The summed E-state index contributed by atoms with van der Waals surface area (Å²) in [4.78, 5) is 21.2. The highest BCUT2D eigenvalue weighted by atomic mass is 16.1. The summed E-state index contributed by atoms with van der Waals surface area (Å²) in [6, 6.07) is 1.79. The zero-order chi connectivity index (χ0) is 12.1. The Bertz CT molecular complexity index is 379. The van der Waals surface area contributed by atoms with Gasteiger partial charge in [-0.25, -0.2) is 9.97 Å². The Labute approximate surface area is 94.9 Å². The average Bonchev–Trinajstić information content (AvgIpc) is 2.24. The molecule has 1 rings (SSSR count). The number of likely N-dealkylation sites (N-methyl/N-ethyl adjacent to an activating group) is 1. The predicted molar refractivity (Wildman–Crippen MR) is 63.4 cm³/mol. The average molecular weight is 223 g/mol. The van der Waals surface area contributed by atoms with Crippen LogP contribution in [0.1, 0.15) is 12.7 Å². The summed E-state index contributed by atoms with van der Waals surface area (Å²) in [6.45, 7) is 4.58. The number of anilines is 2. The molecule has 3 N–H and O–H groups in total. The van der Waals surface area contributed by atoms with Gasteiger partial charge in [0, 0.05) is 19.7 Å². The van der Waals surface area contributed by atoms with E-state index in [-0.39, 0.29) is 12.5 Å². The first-order valence-corrected chi connectivity index (χ1v) is 5.13. The molecule has 0 aliphatic heterocycles. The molecule has 16 heavy (non-hydrogen) atoms. The van der Waals surface area contributed by atoms with Crippen LogP contribution in [0.25, 0.3) is 0 Å². The fourth-order valence-corrected chi connectivity index (χ4v) is 1.38. The first kappa shape index (κ1) is 12.2. The fourth-order valence-electron chi connectivity index (χ4n) is 1.38. The molecule has 0 spiro atoms. The molecule has 1 aromatic heterocycles. The van der Waals surface area contributed by atoms with Gasteiger partial charge in [0.2, 0.25) is 5.91 Å². The number of nitrogens with one attached hydrogen (secondary N) is 1. The Morgan fingerprint density at radius 3 is 2.75 bits per heavy atom. The quantitative estimate of drug-likeness (QED) is 0.741. The van der Waals surface area contributed by atoms with Crippen LogP contribution < -0.4 is 16.0 Å². The number of aryl methyl sites for hydroxylation is 1. The van der Waals surface area contributed by atoms with E-state index < -0.39 is 0 Å². The van der Waals surface area contributed by atoms with E-state index in [0.29, 0.717) is 18.2 Å². The van der Waals surface area contributed by atoms with E-state index in [4.69, 9.17) is 5.73 Å². The third kappa shape index (κ3) is 3.08. The molecule has 0 fully saturated rings. The molecule has 0 aliphatic carbocycles. The largest absolute Gasteiger partial charge is 0.373 e. The van der Waals surface area contributed by atoms with E-state index >= 15 is 0 Å². The second-order valence-corrected chi connectivity index (χ2v) is 3.39. The Balaban J connectivity index is 2.99. The van der Waals surface area contributed by atoms with Gasteiger partial charge in [-0.15, -0.1) is 0 Å². The molecule has 0 unspecified atom stereocenters. The van der Waals surface area contributed by atoms with Crippen LogP contribution in [-0.4, -0.2) is 36.0 Å². The highest BCUT2D eigenvalue weighted by molar-refractivity contribution is 5.79. The van der Waals surface area contributed by atoms with Crippen molar-refractivity contribution >= 4 is 17.5 Å². The van der Waals surface area contributed by atoms with E-state index in [1.165, 1.54) is 0 Å². The normalized spacial score (nSPS) is 9.94. The molecule has 0 radical (unpaired) electrons. The van der Waals surface area contributed by atoms with Crippen LogP contribution >= 0.6 is 0 Å². The monoisotopic (exact) mass is 223 g/mol. The molecule has 0 bridgehead atoms. The molecule has 0 aromatic carbocycles. The first-order valence-electron chi connectivity index (χ1n) is 5.13. The van der Waals surface area contributed by atoms with Crippen molar-refractivity contribution in [2.45, 2.75) is 13.8 Å². The number of nitrogens with zero attached hydrogens (tertiary/aromatic N) is 3. The third-order valence-corrected chi connectivity index (χ3v) is 2.13. The Kier molecular flexibility index (Phi) is 4.04. The number of carbonyl (C=O) groups excluding carboxylic acids is 1. The minimum atomic E-state index is -0.371. The van der Waals surface area contributed by atoms with E-state index in [9.17, 15) is 4.79 Å². The van der Waals surface area contributed by atoms with Gasteiger partial charge in [-0.05, 0) is 13.8 Å². The number of primary amides is 1. The van der Waals surface area contributed by atoms with Crippen LogP contribution in [0.3, 0.4) is 0 Å². The smallest absolute Gasteiger partial charge is 0.236 e. The SMILES string of the molecule is CCN(CC(N)=O)c1cc(NC)nc(C)n1. The summed E-state index contributed by atoms with van der Waals surface area (Å²) in [5.74, 6) is 1.72. The van der Waals surface area contributed by atoms with Gasteiger partial charge in [-0.3, -0.25) is 4.79 Å². The molecule has 1 heterocycles. The van der Waals surface area contributed by atoms with Crippen molar-refractivity contribution in [2.75, 3.05) is 30.4 Å². The summed E-state index contributed by atoms with van der Waals surface area (Å²) in [5.41, 5.74) is 5.18. The van der Waals surface area contributed by atoms with Crippen LogP contribution in [0.2, 0.25) is 0 Å². The van der Waals surface area contributed by atoms with Crippen LogP contribution in [-0.2, 0) is 4.79 Å². The summed E-state index contributed by atoms with van der Waals surface area (Å²) in [7, 11) is 1.79. The molecule has 6 heteroatoms. The minimum Gasteiger partial charge on any atom is -0.373 e. The predicted octanol–water partition coefficient (Wildman–Crippen LogP) is 0.138. The second-order valence-electron chi connectivity index (χ2n) is 3.39. The number of amides is 1. The molecule has 0 atom stereocenters. The van der Waals surface area contributed by atoms with Crippen molar-refractivity contribution in [1.29, 1.82) is 0 Å². The molecule has 88 valence electrons. The lowest BCUT2D eigenvalue weighted by Crippen LogP contribution is -2.34. The van der Waals surface area contributed by atoms with Crippen molar-refractivity contribution in [3.05, 3.63) is 11.9 Å². The molecular weight excluding hydrogens is 206 g/mol. The minimum absolute atomic E-state index is 0.163. The van der Waals surface area contributed by atoms with Crippen LogP contribution in [0, 0.1) is 6.92 Å². The van der Waals surface area contributed by atoms with E-state index in [0.717, 1.165) is 5.82 Å².